The smallest absolute Gasteiger partial charge is 0.252 e. The van der Waals surface area contributed by atoms with Crippen molar-refractivity contribution >= 4 is 77.5 Å². The number of nitrogens with zero attached hydrogens (tertiary/aromatic N) is 2. The Morgan fingerprint density at radius 1 is 0.325 bits per heavy atom. The van der Waals surface area contributed by atoms with Gasteiger partial charge in [-0.15, -0.1) is 0 Å². The van der Waals surface area contributed by atoms with Gasteiger partial charge in [0.15, 0.2) is 0 Å². The molecule has 9 aromatic carbocycles. The highest BCUT2D eigenvalue weighted by molar-refractivity contribution is 7.00. The molecule has 0 radical (unpaired) electrons. The van der Waals surface area contributed by atoms with Crippen molar-refractivity contribution in [2.45, 2.75) is 163 Å². The van der Waals surface area contributed by atoms with Crippen molar-refractivity contribution in [3.63, 3.8) is 0 Å². The van der Waals surface area contributed by atoms with Crippen LogP contribution in [0.1, 0.15) is 180 Å². The van der Waals surface area contributed by atoms with E-state index in [0.29, 0.717) is 0 Å². The van der Waals surface area contributed by atoms with E-state index in [1.165, 1.54) is 160 Å². The summed E-state index contributed by atoms with van der Waals surface area (Å²) < 4.78 is 5.62. The highest BCUT2D eigenvalue weighted by Gasteiger charge is 2.55. The van der Waals surface area contributed by atoms with Crippen LogP contribution in [0.4, 0.5) is 0 Å². The molecule has 3 heteroatoms. The first-order valence-electron chi connectivity index (χ1n) is 29.8. The van der Waals surface area contributed by atoms with Gasteiger partial charge in [-0.25, -0.2) is 0 Å². The zero-order chi connectivity index (χ0) is 56.2. The third-order valence-electron chi connectivity index (χ3n) is 19.7. The maximum atomic E-state index is 2.83. The molecular formula is C77H77BN2. The molecule has 80 heavy (non-hydrogen) atoms. The third kappa shape index (κ3) is 6.39. The van der Waals surface area contributed by atoms with E-state index in [0.717, 1.165) is 0 Å². The van der Waals surface area contributed by atoms with Gasteiger partial charge < -0.3 is 9.13 Å². The van der Waals surface area contributed by atoms with Crippen LogP contribution < -0.4 is 16.4 Å². The normalized spacial score (nSPS) is 15.2. The Balaban J connectivity index is 1.27. The fraction of sp³-hybridized carbons (Fsp3) is 0.325. The van der Waals surface area contributed by atoms with E-state index in [1.54, 1.807) is 0 Å². The molecule has 1 spiro atoms. The van der Waals surface area contributed by atoms with Crippen molar-refractivity contribution < 1.29 is 0 Å². The number of rotatable bonds is 1. The Hall–Kier alpha value is -7.10. The van der Waals surface area contributed by atoms with Gasteiger partial charge in [0.25, 0.3) is 6.71 Å². The molecule has 4 aliphatic rings. The SMILES string of the molecule is CC(C)(C)c1ccc2cc(C(C)(C)C)c(-c3cc4c5c6c3-n3c7ccc(C(C)(C)C)cc7c7cc(C(C)(C)C)cc(c73)B6c3cc(C(C)(C)C)cc6c7cc(C(C)(C)C)cc(c7n-5c36)C43c4ccccc4-c4ccccc43)cc2c1. The molecule has 15 rings (SSSR count). The van der Waals surface area contributed by atoms with Gasteiger partial charge >= 0.3 is 0 Å². The van der Waals surface area contributed by atoms with Gasteiger partial charge in [0.05, 0.1) is 22.1 Å². The maximum absolute atomic E-state index is 2.83. The summed E-state index contributed by atoms with van der Waals surface area (Å²) in [4.78, 5) is 0. The van der Waals surface area contributed by atoms with Crippen LogP contribution in [0.3, 0.4) is 0 Å². The summed E-state index contributed by atoms with van der Waals surface area (Å²) in [6, 6.07) is 57.4. The van der Waals surface area contributed by atoms with Gasteiger partial charge in [0.1, 0.15) is 0 Å². The monoisotopic (exact) mass is 1040 g/mol. The number of hydrogen-bond acceptors (Lipinski definition) is 0. The van der Waals surface area contributed by atoms with E-state index in [2.05, 4.69) is 273 Å². The Labute approximate surface area is 475 Å². The Morgan fingerprint density at radius 3 is 1.38 bits per heavy atom. The highest BCUT2D eigenvalue weighted by atomic mass is 15.1. The molecule has 398 valence electrons. The molecule has 0 atom stereocenters. The Kier molecular flexibility index (Phi) is 9.52. The number of fused-ring (bicyclic) bond motifs is 15. The third-order valence-corrected chi connectivity index (χ3v) is 19.7. The van der Waals surface area contributed by atoms with Gasteiger partial charge in [-0.1, -0.05) is 222 Å². The number of aromatic nitrogens is 2. The molecule has 3 aliphatic heterocycles. The second kappa shape index (κ2) is 15.3. The predicted octanol–water partition coefficient (Wildman–Crippen LogP) is 18.3. The molecule has 2 nitrogen and oxygen atoms in total. The molecule has 0 bridgehead atoms. The first kappa shape index (κ1) is 49.9. The largest absolute Gasteiger partial charge is 0.310 e. The number of benzene rings is 9. The van der Waals surface area contributed by atoms with Crippen LogP contribution in [0.5, 0.6) is 0 Å². The lowest BCUT2D eigenvalue weighted by molar-refractivity contribution is 0.588. The van der Waals surface area contributed by atoms with E-state index in [-0.39, 0.29) is 39.2 Å². The molecule has 0 unspecified atom stereocenters. The van der Waals surface area contributed by atoms with Gasteiger partial charge in [-0.2, -0.15) is 0 Å². The second-order valence-electron chi connectivity index (χ2n) is 31.1. The summed E-state index contributed by atoms with van der Waals surface area (Å²) in [5, 5.41) is 8.01. The summed E-state index contributed by atoms with van der Waals surface area (Å²) in [7, 11) is 0. The van der Waals surface area contributed by atoms with Crippen LogP contribution in [-0.4, -0.2) is 15.8 Å². The molecule has 0 fully saturated rings. The summed E-state index contributed by atoms with van der Waals surface area (Å²) in [6.45, 7) is 43.2. The van der Waals surface area contributed by atoms with E-state index in [1.807, 2.05) is 0 Å². The summed E-state index contributed by atoms with van der Waals surface area (Å²) in [5.74, 6) is 0. The molecule has 2 aromatic heterocycles. The first-order chi connectivity index (χ1) is 37.5. The summed E-state index contributed by atoms with van der Waals surface area (Å²) in [5.41, 5.74) is 30.2. The zero-order valence-electron chi connectivity index (χ0n) is 50.8. The van der Waals surface area contributed by atoms with Crippen LogP contribution in [0, 0.1) is 0 Å². The van der Waals surface area contributed by atoms with Gasteiger partial charge in [0, 0.05) is 43.8 Å². The quantitative estimate of drug-likeness (QED) is 0.145. The first-order valence-corrected chi connectivity index (χ1v) is 29.8. The molecule has 0 saturated carbocycles. The Morgan fingerprint density at radius 2 is 0.812 bits per heavy atom. The molecule has 11 aromatic rings. The second-order valence-corrected chi connectivity index (χ2v) is 31.1. The van der Waals surface area contributed by atoms with Crippen LogP contribution in [0.25, 0.3) is 88.0 Å². The number of hydrogen-bond donors (Lipinski definition) is 0. The van der Waals surface area contributed by atoms with Crippen LogP contribution >= 0.6 is 0 Å². The van der Waals surface area contributed by atoms with Crippen LogP contribution in [-0.2, 0) is 37.9 Å². The molecule has 0 saturated heterocycles. The van der Waals surface area contributed by atoms with E-state index < -0.39 is 5.41 Å². The molecule has 0 amide bonds. The van der Waals surface area contributed by atoms with Crippen LogP contribution in [0.15, 0.2) is 140 Å². The van der Waals surface area contributed by atoms with Crippen molar-refractivity contribution in [3.8, 4) is 33.6 Å². The summed E-state index contributed by atoms with van der Waals surface area (Å²) >= 11 is 0. The lowest BCUT2D eigenvalue weighted by atomic mass is 9.33. The average molecular weight is 1040 g/mol. The molecular weight excluding hydrogens is 964 g/mol. The topological polar surface area (TPSA) is 9.86 Å². The Bertz CT molecular complexity index is 4590. The lowest BCUT2D eigenvalue weighted by Crippen LogP contribution is -2.61. The molecule has 5 heterocycles. The van der Waals surface area contributed by atoms with E-state index in [4.69, 9.17) is 0 Å². The minimum absolute atomic E-state index is 0.00881. The van der Waals surface area contributed by atoms with E-state index >= 15 is 0 Å². The highest BCUT2D eigenvalue weighted by Crippen LogP contribution is 2.63. The van der Waals surface area contributed by atoms with Crippen molar-refractivity contribution in [2.24, 2.45) is 0 Å². The minimum atomic E-state index is -0.646. The average Bonchev–Trinajstić information content (AvgIpc) is 3.51. The van der Waals surface area contributed by atoms with Gasteiger partial charge in [-0.05, 0) is 174 Å². The van der Waals surface area contributed by atoms with E-state index in [9.17, 15) is 0 Å². The zero-order valence-corrected chi connectivity index (χ0v) is 50.8. The molecule has 0 N–H and O–H groups in total. The van der Waals surface area contributed by atoms with Crippen LogP contribution in [0.2, 0.25) is 0 Å². The van der Waals surface area contributed by atoms with Crippen molar-refractivity contribution in [1.29, 1.82) is 0 Å². The standard InChI is InChI=1S/C77H77BN2/c1-71(2,3)44-28-27-42-33-59(76(16,17)18)51(32-43(42)31-44)56-41-61-70-65-69(56)79-64-30-29-45(72(4,5)6)34-52(64)53-36-47(74(10,11)12)39-62(67(53)79)78(65)63-40-48(75(13,14)15)37-55-54-35-46(73(7,8)9)38-60(66(54)80(70)68(55)63)77(61)57-25-21-19-23-49(57)50-24-20-22-26-58(50)77/h19-41H,1-18H3. The predicted molar refractivity (Wildman–Crippen MR) is 346 cm³/mol. The van der Waals surface area contributed by atoms with Crippen molar-refractivity contribution in [2.75, 3.05) is 0 Å². The fourth-order valence-electron chi connectivity index (χ4n) is 15.4. The van der Waals surface area contributed by atoms with Gasteiger partial charge in [-0.3, -0.25) is 0 Å². The van der Waals surface area contributed by atoms with Crippen molar-refractivity contribution in [3.05, 3.63) is 195 Å². The molecule has 1 aliphatic carbocycles. The maximum Gasteiger partial charge on any atom is 0.252 e. The summed E-state index contributed by atoms with van der Waals surface area (Å²) in [6.07, 6.45) is 0. The lowest BCUT2D eigenvalue weighted by Gasteiger charge is -2.45. The van der Waals surface area contributed by atoms with Crippen molar-refractivity contribution in [1.82, 2.24) is 9.13 Å². The minimum Gasteiger partial charge on any atom is -0.310 e. The van der Waals surface area contributed by atoms with Gasteiger partial charge in [0.2, 0.25) is 0 Å². The fourth-order valence-corrected chi connectivity index (χ4v) is 15.4.